The summed E-state index contributed by atoms with van der Waals surface area (Å²) in [6, 6.07) is 17.7. The number of nitrogens with zero attached hydrogens (tertiary/aromatic N) is 2. The zero-order chi connectivity index (χ0) is 31.8. The Hall–Kier alpha value is -4.64. The van der Waals surface area contributed by atoms with Crippen molar-refractivity contribution in [2.75, 3.05) is 28.6 Å². The van der Waals surface area contributed by atoms with Gasteiger partial charge < -0.3 is 25.4 Å². The molecule has 232 valence electrons. The molecule has 3 N–H and O–H groups in total. The number of aromatic nitrogens is 1. The van der Waals surface area contributed by atoms with Crippen LogP contribution in [0.25, 0.3) is 0 Å². The summed E-state index contributed by atoms with van der Waals surface area (Å²) in [6.45, 7) is 5.55. The van der Waals surface area contributed by atoms with Gasteiger partial charge in [0.15, 0.2) is 5.11 Å². The van der Waals surface area contributed by atoms with Gasteiger partial charge in [-0.2, -0.15) is 0 Å². The summed E-state index contributed by atoms with van der Waals surface area (Å²) >= 11 is 5.68. The van der Waals surface area contributed by atoms with E-state index in [1.807, 2.05) is 42.7 Å². The first-order valence-electron chi connectivity index (χ1n) is 14.7. The summed E-state index contributed by atoms with van der Waals surface area (Å²) in [7, 11) is 0. The third-order valence-electron chi connectivity index (χ3n) is 8.34. The number of halogens is 3. The van der Waals surface area contributed by atoms with Gasteiger partial charge in [0.05, 0.1) is 11.4 Å². The average Bonchev–Trinajstić information content (AvgIpc) is 2.96. The van der Waals surface area contributed by atoms with E-state index in [4.69, 9.17) is 12.2 Å². The molecule has 0 spiro atoms. The van der Waals surface area contributed by atoms with Gasteiger partial charge in [0.25, 0.3) is 11.5 Å². The van der Waals surface area contributed by atoms with E-state index < -0.39 is 35.5 Å². The van der Waals surface area contributed by atoms with Crippen molar-refractivity contribution in [2.45, 2.75) is 39.3 Å². The van der Waals surface area contributed by atoms with Crippen LogP contribution in [0.4, 0.5) is 30.2 Å². The van der Waals surface area contributed by atoms with Crippen molar-refractivity contribution in [2.24, 2.45) is 5.92 Å². The minimum Gasteiger partial charge on any atom is -0.369 e. The summed E-state index contributed by atoms with van der Waals surface area (Å²) in [5.41, 5.74) is 5.21. The first-order chi connectivity index (χ1) is 21.5. The number of pyridine rings is 1. The molecule has 1 amide bonds. The van der Waals surface area contributed by atoms with Crippen LogP contribution in [0.5, 0.6) is 0 Å². The number of thiocarbonyl (C=S) groups is 1. The maximum Gasteiger partial charge on any atom is 0.251 e. The molecular weight excluding hydrogens is 599 g/mol. The number of rotatable bonds is 6. The Labute approximate surface area is 264 Å². The van der Waals surface area contributed by atoms with Crippen molar-refractivity contribution in [1.29, 1.82) is 0 Å². The Morgan fingerprint density at radius 3 is 2.38 bits per heavy atom. The fraction of sp³-hybridized carbons (Fsp3) is 0.265. The molecule has 2 bridgehead atoms. The lowest BCUT2D eigenvalue weighted by Gasteiger charge is -2.44. The van der Waals surface area contributed by atoms with Crippen LogP contribution in [0.2, 0.25) is 0 Å². The number of piperidine rings is 1. The Morgan fingerprint density at radius 2 is 1.64 bits per heavy atom. The molecule has 2 aliphatic rings. The van der Waals surface area contributed by atoms with E-state index in [2.05, 4.69) is 26.9 Å². The van der Waals surface area contributed by atoms with Gasteiger partial charge in [-0.15, -0.1) is 0 Å². The highest BCUT2D eigenvalue weighted by Gasteiger charge is 2.35. The van der Waals surface area contributed by atoms with Crippen LogP contribution >= 0.6 is 12.2 Å². The molecule has 3 aromatic carbocycles. The highest BCUT2D eigenvalue weighted by Crippen LogP contribution is 2.39. The quantitative estimate of drug-likeness (QED) is 0.219. The lowest BCUT2D eigenvalue weighted by molar-refractivity contribution is 0.0950. The Kier molecular flexibility index (Phi) is 8.37. The van der Waals surface area contributed by atoms with E-state index in [1.165, 1.54) is 0 Å². The average molecular weight is 632 g/mol. The molecule has 6 rings (SSSR count). The topological polar surface area (TPSA) is 78.4 Å². The van der Waals surface area contributed by atoms with E-state index in [1.54, 1.807) is 24.3 Å². The summed E-state index contributed by atoms with van der Waals surface area (Å²) in [5.74, 6) is -3.34. The van der Waals surface area contributed by atoms with Gasteiger partial charge in [-0.1, -0.05) is 12.1 Å². The predicted molar refractivity (Wildman–Crippen MR) is 173 cm³/mol. The molecule has 0 unspecified atom stereocenters. The third kappa shape index (κ3) is 6.58. The van der Waals surface area contributed by atoms with Crippen molar-refractivity contribution in [1.82, 2.24) is 9.88 Å². The number of aryl methyl sites for hydroxylation is 2. The zero-order valence-electron chi connectivity index (χ0n) is 24.8. The van der Waals surface area contributed by atoms with E-state index in [-0.39, 0.29) is 23.0 Å². The standard InChI is InChI=1S/C34H32F3N5O2S/c1-19-8-20(2)10-25(9-19)39-34(45)40-29-12-22(33(44)38-15-26-27(36)13-24(35)14-28(26)37)6-7-31(29)41-16-21-11-23(18-41)30-4-3-5-32(43)42(30)17-21/h3-10,12-14,21,23H,11,15-18H2,1-2H3,(H,38,44)(H2,39,40,45)/t21-,23+/m1/s1. The van der Waals surface area contributed by atoms with Gasteiger partial charge in [-0.05, 0) is 85.9 Å². The minimum atomic E-state index is -1.08. The minimum absolute atomic E-state index is 0.0107. The summed E-state index contributed by atoms with van der Waals surface area (Å²) in [6.07, 6.45) is 0.979. The van der Waals surface area contributed by atoms with E-state index >= 15 is 0 Å². The van der Waals surface area contributed by atoms with E-state index in [0.29, 0.717) is 42.6 Å². The molecule has 2 aliphatic heterocycles. The summed E-state index contributed by atoms with van der Waals surface area (Å²) < 4.78 is 43.6. The number of anilines is 3. The number of carbonyl (C=O) groups is 1. The molecular formula is C34H32F3N5O2S. The van der Waals surface area contributed by atoms with Crippen LogP contribution < -0.4 is 26.4 Å². The second-order valence-electron chi connectivity index (χ2n) is 11.8. The molecule has 1 fully saturated rings. The number of amides is 1. The van der Waals surface area contributed by atoms with Gasteiger partial charge in [0.1, 0.15) is 17.5 Å². The molecule has 0 saturated carbocycles. The second kappa shape index (κ2) is 12.4. The van der Waals surface area contributed by atoms with Gasteiger partial charge >= 0.3 is 0 Å². The number of carbonyl (C=O) groups excluding carboxylic acids is 1. The number of fused-ring (bicyclic) bond motifs is 4. The second-order valence-corrected chi connectivity index (χ2v) is 12.2. The van der Waals surface area contributed by atoms with Crippen LogP contribution in [-0.4, -0.2) is 28.7 Å². The van der Waals surface area contributed by atoms with Crippen LogP contribution in [0, 0.1) is 37.2 Å². The molecule has 0 radical (unpaired) electrons. The number of hydrogen-bond acceptors (Lipinski definition) is 4. The first kappa shape index (κ1) is 30.4. The van der Waals surface area contributed by atoms with E-state index in [9.17, 15) is 22.8 Å². The van der Waals surface area contributed by atoms with E-state index in [0.717, 1.165) is 34.6 Å². The largest absolute Gasteiger partial charge is 0.369 e. The number of benzene rings is 3. The molecule has 0 aliphatic carbocycles. The molecule has 1 saturated heterocycles. The van der Waals surface area contributed by atoms with Crippen molar-refractivity contribution in [3.8, 4) is 0 Å². The smallest absolute Gasteiger partial charge is 0.251 e. The predicted octanol–water partition coefficient (Wildman–Crippen LogP) is 6.25. The molecule has 1 aromatic heterocycles. The molecule has 11 heteroatoms. The molecule has 45 heavy (non-hydrogen) atoms. The van der Waals surface area contributed by atoms with Crippen LogP contribution in [0.1, 0.15) is 45.1 Å². The maximum absolute atomic E-state index is 14.2. The lowest BCUT2D eigenvalue weighted by atomic mass is 9.83. The fourth-order valence-corrected chi connectivity index (χ4v) is 6.72. The van der Waals surface area contributed by atoms with Gasteiger partial charge in [0.2, 0.25) is 0 Å². The Balaban J connectivity index is 1.28. The Morgan fingerprint density at radius 1 is 0.911 bits per heavy atom. The van der Waals surface area contributed by atoms with Crippen molar-refractivity contribution in [3.63, 3.8) is 0 Å². The zero-order valence-corrected chi connectivity index (χ0v) is 25.6. The van der Waals surface area contributed by atoms with Gasteiger partial charge in [-0.3, -0.25) is 9.59 Å². The first-order valence-corrected chi connectivity index (χ1v) is 15.1. The SMILES string of the molecule is Cc1cc(C)cc(NC(=S)Nc2cc(C(=O)NCc3c(F)cc(F)cc3F)ccc2N2C[C@H]3C[C@@H](C2)c2cccc(=O)n2C3)c1. The van der Waals surface area contributed by atoms with Crippen LogP contribution in [0.15, 0.2) is 71.5 Å². The molecule has 7 nitrogen and oxygen atoms in total. The molecule has 3 heterocycles. The Bertz CT molecular complexity index is 1830. The maximum atomic E-state index is 14.2. The van der Waals surface area contributed by atoms with Crippen molar-refractivity contribution < 1.29 is 18.0 Å². The summed E-state index contributed by atoms with van der Waals surface area (Å²) in [5, 5.41) is 9.34. The monoisotopic (exact) mass is 631 g/mol. The lowest BCUT2D eigenvalue weighted by Crippen LogP contribution is -2.47. The van der Waals surface area contributed by atoms with Gasteiger partial charge in [-0.25, -0.2) is 13.2 Å². The third-order valence-corrected chi connectivity index (χ3v) is 8.54. The van der Waals surface area contributed by atoms with Crippen molar-refractivity contribution in [3.05, 3.63) is 122 Å². The highest BCUT2D eigenvalue weighted by molar-refractivity contribution is 7.80. The highest BCUT2D eigenvalue weighted by atomic mass is 32.1. The van der Waals surface area contributed by atoms with Crippen molar-refractivity contribution >= 4 is 40.3 Å². The molecule has 2 atom stereocenters. The molecule has 4 aromatic rings. The van der Waals surface area contributed by atoms with Gasteiger partial charge in [0, 0.05) is 72.8 Å². The number of nitrogens with one attached hydrogen (secondary N) is 3. The fourth-order valence-electron chi connectivity index (χ4n) is 6.49. The van der Waals surface area contributed by atoms with Crippen LogP contribution in [-0.2, 0) is 13.1 Å². The normalized spacial score (nSPS) is 17.0. The summed E-state index contributed by atoms with van der Waals surface area (Å²) in [4.78, 5) is 28.0. The van der Waals surface area contributed by atoms with Crippen LogP contribution in [0.3, 0.4) is 0 Å². The number of hydrogen-bond donors (Lipinski definition) is 3.